The van der Waals surface area contributed by atoms with Gasteiger partial charge in [-0.15, -0.1) is 11.3 Å². The molecule has 0 saturated carbocycles. The molecule has 3 N–H and O–H groups in total. The number of nitrogens with one attached hydrogen (secondary N) is 1. The SMILES string of the molecule is CC(C)Cn1cncc1CNS(=O)(=O)c1cc(C(N)=O)cs1. The molecule has 2 aromatic rings. The Hall–Kier alpha value is -1.71. The zero-order chi connectivity index (χ0) is 16.3. The molecule has 0 spiro atoms. The van der Waals surface area contributed by atoms with Gasteiger partial charge in [0.05, 0.1) is 24.1 Å². The number of imidazole rings is 1. The van der Waals surface area contributed by atoms with Gasteiger partial charge < -0.3 is 10.3 Å². The van der Waals surface area contributed by atoms with Crippen LogP contribution >= 0.6 is 11.3 Å². The van der Waals surface area contributed by atoms with Gasteiger partial charge in [0.25, 0.3) is 0 Å². The third kappa shape index (κ3) is 3.93. The number of hydrogen-bond acceptors (Lipinski definition) is 5. The van der Waals surface area contributed by atoms with E-state index < -0.39 is 15.9 Å². The van der Waals surface area contributed by atoms with E-state index in [0.29, 0.717) is 5.92 Å². The third-order valence-corrected chi connectivity index (χ3v) is 5.77. The van der Waals surface area contributed by atoms with Gasteiger partial charge in [0.15, 0.2) is 0 Å². The Morgan fingerprint density at radius 1 is 1.50 bits per heavy atom. The Morgan fingerprint density at radius 2 is 2.23 bits per heavy atom. The van der Waals surface area contributed by atoms with Gasteiger partial charge in [0.2, 0.25) is 15.9 Å². The summed E-state index contributed by atoms with van der Waals surface area (Å²) >= 11 is 0.963. The minimum absolute atomic E-state index is 0.0659. The second-order valence-corrected chi connectivity index (χ2v) is 8.18. The zero-order valence-electron chi connectivity index (χ0n) is 12.3. The van der Waals surface area contributed by atoms with Crippen molar-refractivity contribution < 1.29 is 13.2 Å². The molecule has 0 atom stereocenters. The highest BCUT2D eigenvalue weighted by molar-refractivity contribution is 7.91. The smallest absolute Gasteiger partial charge is 0.250 e. The number of primary amides is 1. The summed E-state index contributed by atoms with van der Waals surface area (Å²) in [5.74, 6) is -0.215. The fraction of sp³-hybridized carbons (Fsp3) is 0.385. The molecule has 2 aromatic heterocycles. The topological polar surface area (TPSA) is 107 Å². The molecule has 0 aromatic carbocycles. The van der Waals surface area contributed by atoms with Crippen LogP contribution in [0.25, 0.3) is 0 Å². The molecule has 0 aliphatic carbocycles. The molecular weight excluding hydrogens is 324 g/mol. The number of hydrogen-bond donors (Lipinski definition) is 2. The summed E-state index contributed by atoms with van der Waals surface area (Å²) < 4.78 is 28.9. The van der Waals surface area contributed by atoms with Gasteiger partial charge in [-0.3, -0.25) is 4.79 Å². The molecule has 0 radical (unpaired) electrons. The fourth-order valence-corrected chi connectivity index (χ4v) is 4.09. The summed E-state index contributed by atoms with van der Waals surface area (Å²) in [5, 5.41) is 1.43. The summed E-state index contributed by atoms with van der Waals surface area (Å²) in [7, 11) is -3.67. The molecule has 120 valence electrons. The van der Waals surface area contributed by atoms with Gasteiger partial charge in [-0.05, 0) is 12.0 Å². The number of nitrogens with zero attached hydrogens (tertiary/aromatic N) is 2. The van der Waals surface area contributed by atoms with Crippen molar-refractivity contribution in [3.63, 3.8) is 0 Å². The lowest BCUT2D eigenvalue weighted by molar-refractivity contribution is 0.100. The number of carbonyl (C=O) groups excluding carboxylic acids is 1. The summed E-state index contributed by atoms with van der Waals surface area (Å²) in [6.07, 6.45) is 3.31. The van der Waals surface area contributed by atoms with Crippen molar-refractivity contribution in [2.75, 3.05) is 0 Å². The van der Waals surface area contributed by atoms with E-state index in [2.05, 4.69) is 23.6 Å². The predicted octanol–water partition coefficient (Wildman–Crippen LogP) is 1.18. The molecule has 22 heavy (non-hydrogen) atoms. The van der Waals surface area contributed by atoms with E-state index in [1.807, 2.05) is 4.57 Å². The highest BCUT2D eigenvalue weighted by Gasteiger charge is 2.18. The Balaban J connectivity index is 2.09. The number of rotatable bonds is 7. The van der Waals surface area contributed by atoms with Gasteiger partial charge in [0.1, 0.15) is 4.21 Å². The van der Waals surface area contributed by atoms with E-state index in [1.165, 1.54) is 11.4 Å². The average molecular weight is 342 g/mol. The van der Waals surface area contributed by atoms with Gasteiger partial charge in [0, 0.05) is 18.1 Å². The lowest BCUT2D eigenvalue weighted by atomic mass is 10.2. The lowest BCUT2D eigenvalue weighted by Gasteiger charge is -2.11. The van der Waals surface area contributed by atoms with E-state index in [9.17, 15) is 13.2 Å². The highest BCUT2D eigenvalue weighted by atomic mass is 32.2. The molecular formula is C13H18N4O3S2. The van der Waals surface area contributed by atoms with Crippen LogP contribution < -0.4 is 10.5 Å². The van der Waals surface area contributed by atoms with Crippen LogP contribution in [0, 0.1) is 5.92 Å². The first-order chi connectivity index (χ1) is 10.3. The molecule has 0 fully saturated rings. The average Bonchev–Trinajstić information content (AvgIpc) is 3.04. The molecule has 9 heteroatoms. The normalized spacial score (nSPS) is 12.0. The molecule has 1 amide bonds. The first-order valence-corrected chi connectivity index (χ1v) is 9.03. The van der Waals surface area contributed by atoms with Crippen molar-refractivity contribution in [2.45, 2.75) is 31.1 Å². The van der Waals surface area contributed by atoms with Crippen molar-refractivity contribution in [2.24, 2.45) is 11.7 Å². The lowest BCUT2D eigenvalue weighted by Crippen LogP contribution is -2.24. The van der Waals surface area contributed by atoms with Crippen LogP contribution in [0.3, 0.4) is 0 Å². The summed E-state index contributed by atoms with van der Waals surface area (Å²) in [5.41, 5.74) is 6.10. The molecule has 2 rings (SSSR count). The van der Waals surface area contributed by atoms with Gasteiger partial charge >= 0.3 is 0 Å². The Kier molecular flexibility index (Phi) is 4.99. The van der Waals surface area contributed by atoms with Crippen LogP contribution in [-0.4, -0.2) is 23.9 Å². The van der Waals surface area contributed by atoms with Crippen molar-refractivity contribution in [1.82, 2.24) is 14.3 Å². The van der Waals surface area contributed by atoms with E-state index in [4.69, 9.17) is 5.73 Å². The minimum atomic E-state index is -3.67. The van der Waals surface area contributed by atoms with E-state index >= 15 is 0 Å². The third-order valence-electron chi connectivity index (χ3n) is 2.93. The van der Waals surface area contributed by atoms with Crippen LogP contribution in [0.15, 0.2) is 28.2 Å². The van der Waals surface area contributed by atoms with Crippen molar-refractivity contribution in [1.29, 1.82) is 0 Å². The largest absolute Gasteiger partial charge is 0.366 e. The van der Waals surface area contributed by atoms with Crippen molar-refractivity contribution >= 4 is 27.3 Å². The Morgan fingerprint density at radius 3 is 2.82 bits per heavy atom. The molecule has 0 bridgehead atoms. The van der Waals surface area contributed by atoms with Crippen LogP contribution in [0.1, 0.15) is 29.9 Å². The van der Waals surface area contributed by atoms with Crippen LogP contribution in [0.4, 0.5) is 0 Å². The van der Waals surface area contributed by atoms with Crippen molar-refractivity contribution in [3.05, 3.63) is 35.2 Å². The van der Waals surface area contributed by atoms with Gasteiger partial charge in [-0.25, -0.2) is 18.1 Å². The molecule has 0 unspecified atom stereocenters. The van der Waals surface area contributed by atoms with E-state index in [-0.39, 0.29) is 16.3 Å². The number of sulfonamides is 1. The standard InChI is InChI=1S/C13H18N4O3S2/c1-9(2)6-17-8-15-4-11(17)5-16-22(19,20)12-3-10(7-21-12)13(14)18/h3-4,7-9,16H,5-6H2,1-2H3,(H2,14,18). The summed E-state index contributed by atoms with van der Waals surface area (Å²) in [6.45, 7) is 5.05. The van der Waals surface area contributed by atoms with Crippen LogP contribution in [0.5, 0.6) is 0 Å². The van der Waals surface area contributed by atoms with E-state index in [1.54, 1.807) is 12.5 Å². The first-order valence-electron chi connectivity index (χ1n) is 6.66. The zero-order valence-corrected chi connectivity index (χ0v) is 13.9. The quantitative estimate of drug-likeness (QED) is 0.787. The summed E-state index contributed by atoms with van der Waals surface area (Å²) in [6, 6.07) is 1.28. The van der Waals surface area contributed by atoms with E-state index in [0.717, 1.165) is 23.6 Å². The maximum Gasteiger partial charge on any atom is 0.250 e. The highest BCUT2D eigenvalue weighted by Crippen LogP contribution is 2.20. The molecule has 2 heterocycles. The molecule has 0 aliphatic rings. The first kappa shape index (κ1) is 16.7. The number of carbonyl (C=O) groups is 1. The minimum Gasteiger partial charge on any atom is -0.366 e. The van der Waals surface area contributed by atoms with Crippen LogP contribution in [0.2, 0.25) is 0 Å². The molecule has 7 nitrogen and oxygen atoms in total. The number of thiophene rings is 1. The van der Waals surface area contributed by atoms with Gasteiger partial charge in [-0.1, -0.05) is 13.8 Å². The fourth-order valence-electron chi connectivity index (χ4n) is 1.88. The maximum absolute atomic E-state index is 12.2. The second kappa shape index (κ2) is 6.59. The van der Waals surface area contributed by atoms with Crippen molar-refractivity contribution in [3.8, 4) is 0 Å². The Labute approximate surface area is 133 Å². The monoisotopic (exact) mass is 342 g/mol. The second-order valence-electron chi connectivity index (χ2n) is 5.27. The molecule has 0 aliphatic heterocycles. The Bertz CT molecular complexity index is 762. The number of aromatic nitrogens is 2. The number of amides is 1. The maximum atomic E-state index is 12.2. The van der Waals surface area contributed by atoms with Gasteiger partial charge in [-0.2, -0.15) is 0 Å². The number of nitrogens with two attached hydrogens (primary N) is 1. The predicted molar refractivity (Wildman–Crippen MR) is 83.9 cm³/mol. The van der Waals surface area contributed by atoms with Crippen LogP contribution in [-0.2, 0) is 23.1 Å². The molecule has 0 saturated heterocycles. The summed E-state index contributed by atoms with van der Waals surface area (Å²) in [4.78, 5) is 15.1.